The summed E-state index contributed by atoms with van der Waals surface area (Å²) in [6.07, 6.45) is 5.98. The van der Waals surface area contributed by atoms with Crippen molar-refractivity contribution in [2.45, 2.75) is 59.2 Å². The Morgan fingerprint density at radius 2 is 2.16 bits per heavy atom. The van der Waals surface area contributed by atoms with Gasteiger partial charge in [0, 0.05) is 43.8 Å². The lowest BCUT2D eigenvalue weighted by atomic mass is 9.97. The lowest BCUT2D eigenvalue weighted by Crippen LogP contribution is -2.27. The van der Waals surface area contributed by atoms with Gasteiger partial charge in [0.2, 0.25) is 11.8 Å². The minimum absolute atomic E-state index is 0.0352. The minimum Gasteiger partial charge on any atom is -0.424 e. The van der Waals surface area contributed by atoms with Gasteiger partial charge in [-0.25, -0.2) is 0 Å². The van der Waals surface area contributed by atoms with Gasteiger partial charge in [-0.15, -0.1) is 10.2 Å². The van der Waals surface area contributed by atoms with E-state index in [0.29, 0.717) is 23.6 Å². The molecule has 1 saturated heterocycles. The third-order valence-corrected chi connectivity index (χ3v) is 4.64. The maximum atomic E-state index is 5.95. The Balaban J connectivity index is 1.55. The molecule has 2 aromatic rings. The second kappa shape index (κ2) is 8.10. The molecule has 25 heavy (non-hydrogen) atoms. The summed E-state index contributed by atoms with van der Waals surface area (Å²) in [5, 5.41) is 16.2. The van der Waals surface area contributed by atoms with Gasteiger partial charge in [-0.2, -0.15) is 5.10 Å². The summed E-state index contributed by atoms with van der Waals surface area (Å²) in [6, 6.07) is 0.0352. The second-order valence-electron chi connectivity index (χ2n) is 7.23. The van der Waals surface area contributed by atoms with E-state index in [4.69, 9.17) is 9.15 Å². The first-order chi connectivity index (χ1) is 12.1. The van der Waals surface area contributed by atoms with Crippen molar-refractivity contribution in [2.75, 3.05) is 13.2 Å². The molecule has 3 rings (SSSR count). The maximum absolute atomic E-state index is 5.95. The largest absolute Gasteiger partial charge is 0.424 e. The molecule has 0 radical (unpaired) electrons. The summed E-state index contributed by atoms with van der Waals surface area (Å²) < 4.78 is 13.7. The molecule has 0 aliphatic carbocycles. The van der Waals surface area contributed by atoms with E-state index in [2.05, 4.69) is 54.5 Å². The molecule has 138 valence electrons. The summed E-state index contributed by atoms with van der Waals surface area (Å²) in [7, 11) is 0. The van der Waals surface area contributed by atoms with Crippen LogP contribution in [0.5, 0.6) is 0 Å². The van der Waals surface area contributed by atoms with E-state index >= 15 is 0 Å². The van der Waals surface area contributed by atoms with Crippen molar-refractivity contribution in [3.05, 3.63) is 29.7 Å². The maximum Gasteiger partial charge on any atom is 0.233 e. The van der Waals surface area contributed by atoms with Crippen LogP contribution in [0.25, 0.3) is 0 Å². The summed E-state index contributed by atoms with van der Waals surface area (Å²) in [5.74, 6) is 2.31. The molecule has 1 aliphatic heterocycles. The molecule has 0 amide bonds. The van der Waals surface area contributed by atoms with Crippen LogP contribution in [0.1, 0.15) is 63.6 Å². The number of hydrogen-bond acceptors (Lipinski definition) is 6. The van der Waals surface area contributed by atoms with E-state index < -0.39 is 0 Å². The van der Waals surface area contributed by atoms with Gasteiger partial charge in [-0.05, 0) is 26.2 Å². The Morgan fingerprint density at radius 3 is 2.88 bits per heavy atom. The smallest absolute Gasteiger partial charge is 0.233 e. The van der Waals surface area contributed by atoms with Crippen LogP contribution in [0, 0.1) is 11.8 Å². The van der Waals surface area contributed by atoms with E-state index in [0.717, 1.165) is 38.1 Å². The quantitative estimate of drug-likeness (QED) is 0.791. The van der Waals surface area contributed by atoms with Crippen molar-refractivity contribution in [3.63, 3.8) is 0 Å². The molecular weight excluding hydrogens is 318 g/mol. The number of aromatic nitrogens is 4. The van der Waals surface area contributed by atoms with E-state index in [1.807, 2.05) is 10.9 Å². The fourth-order valence-corrected chi connectivity index (χ4v) is 3.20. The van der Waals surface area contributed by atoms with Crippen LogP contribution >= 0.6 is 0 Å². The highest BCUT2D eigenvalue weighted by molar-refractivity contribution is 5.11. The number of nitrogens with zero attached hydrogens (tertiary/aromatic N) is 4. The molecule has 7 nitrogen and oxygen atoms in total. The van der Waals surface area contributed by atoms with Gasteiger partial charge >= 0.3 is 0 Å². The average Bonchev–Trinajstić information content (AvgIpc) is 3.31. The average molecular weight is 347 g/mol. The van der Waals surface area contributed by atoms with Gasteiger partial charge < -0.3 is 14.5 Å². The van der Waals surface area contributed by atoms with Crippen molar-refractivity contribution >= 4 is 0 Å². The van der Waals surface area contributed by atoms with Crippen LogP contribution in [0.3, 0.4) is 0 Å². The van der Waals surface area contributed by atoms with E-state index in [1.54, 1.807) is 0 Å². The molecule has 7 heteroatoms. The second-order valence-corrected chi connectivity index (χ2v) is 7.23. The van der Waals surface area contributed by atoms with E-state index in [1.165, 1.54) is 0 Å². The minimum atomic E-state index is 0.0352. The molecule has 0 bridgehead atoms. The molecule has 3 unspecified atom stereocenters. The number of aryl methyl sites for hydroxylation is 1. The van der Waals surface area contributed by atoms with Crippen LogP contribution in [0.15, 0.2) is 16.8 Å². The zero-order valence-electron chi connectivity index (χ0n) is 15.6. The van der Waals surface area contributed by atoms with Gasteiger partial charge in [0.05, 0.1) is 18.3 Å². The molecule has 1 fully saturated rings. The van der Waals surface area contributed by atoms with Crippen molar-refractivity contribution in [2.24, 2.45) is 11.8 Å². The predicted molar refractivity (Wildman–Crippen MR) is 94.0 cm³/mol. The Hall–Kier alpha value is -1.73. The Bertz CT molecular complexity index is 666. The molecular formula is C18H29N5O2. The highest BCUT2D eigenvalue weighted by atomic mass is 16.5. The molecule has 0 spiro atoms. The molecule has 3 atom stereocenters. The molecule has 0 saturated carbocycles. The van der Waals surface area contributed by atoms with Gasteiger partial charge in [-0.1, -0.05) is 13.8 Å². The third-order valence-electron chi connectivity index (χ3n) is 4.64. The van der Waals surface area contributed by atoms with Gasteiger partial charge in [0.25, 0.3) is 0 Å². The molecule has 1 N–H and O–H groups in total. The zero-order chi connectivity index (χ0) is 17.8. The van der Waals surface area contributed by atoms with Gasteiger partial charge in [-0.3, -0.25) is 4.68 Å². The molecule has 1 aliphatic rings. The zero-order valence-corrected chi connectivity index (χ0v) is 15.6. The first kappa shape index (κ1) is 18.1. The summed E-state index contributed by atoms with van der Waals surface area (Å²) >= 11 is 0. The first-order valence-corrected chi connectivity index (χ1v) is 9.26. The number of nitrogens with one attached hydrogen (secondary N) is 1. The lowest BCUT2D eigenvalue weighted by molar-refractivity contribution is 0.0896. The highest BCUT2D eigenvalue weighted by Gasteiger charge is 2.31. The molecule has 2 aromatic heterocycles. The normalized spacial score (nSPS) is 22.0. The molecule has 3 heterocycles. The van der Waals surface area contributed by atoms with Crippen LogP contribution in [-0.4, -0.2) is 33.1 Å². The van der Waals surface area contributed by atoms with Crippen LogP contribution < -0.4 is 5.32 Å². The predicted octanol–water partition coefficient (Wildman–Crippen LogP) is 2.91. The fourth-order valence-electron chi connectivity index (χ4n) is 3.20. The Labute approximate surface area is 149 Å². The van der Waals surface area contributed by atoms with Crippen molar-refractivity contribution in [3.8, 4) is 0 Å². The fraction of sp³-hybridized carbons (Fsp3) is 0.722. The lowest BCUT2D eigenvalue weighted by Gasteiger charge is -2.19. The summed E-state index contributed by atoms with van der Waals surface area (Å²) in [5.41, 5.74) is 1.16. The SMILES string of the molecule is CCn1cc(C2OCCC2CNC(C)c2nnc(CC(C)C)o2)cn1. The van der Waals surface area contributed by atoms with Gasteiger partial charge in [0.1, 0.15) is 0 Å². The monoisotopic (exact) mass is 347 g/mol. The van der Waals surface area contributed by atoms with Crippen LogP contribution in [0.4, 0.5) is 0 Å². The van der Waals surface area contributed by atoms with Crippen LogP contribution in [-0.2, 0) is 17.7 Å². The summed E-state index contributed by atoms with van der Waals surface area (Å²) in [6.45, 7) is 11.0. The standard InChI is InChI=1S/C18H29N5O2/c1-5-23-11-15(10-20-23)17-14(6-7-24-17)9-19-13(4)18-22-21-16(25-18)8-12(2)3/h10-14,17,19H,5-9H2,1-4H3. The number of rotatable bonds is 8. The highest BCUT2D eigenvalue weighted by Crippen LogP contribution is 2.34. The van der Waals surface area contributed by atoms with E-state index in [9.17, 15) is 0 Å². The first-order valence-electron chi connectivity index (χ1n) is 9.26. The van der Waals surface area contributed by atoms with Crippen molar-refractivity contribution in [1.29, 1.82) is 0 Å². The Morgan fingerprint density at radius 1 is 1.32 bits per heavy atom. The topological polar surface area (TPSA) is 78.0 Å². The number of ether oxygens (including phenoxy) is 1. The Kier molecular flexibility index (Phi) is 5.86. The number of hydrogen-bond donors (Lipinski definition) is 1. The van der Waals surface area contributed by atoms with Gasteiger partial charge in [0.15, 0.2) is 0 Å². The van der Waals surface area contributed by atoms with Crippen molar-refractivity contribution in [1.82, 2.24) is 25.3 Å². The van der Waals surface area contributed by atoms with Crippen LogP contribution in [0.2, 0.25) is 0 Å². The molecule has 0 aromatic carbocycles. The van der Waals surface area contributed by atoms with E-state index in [-0.39, 0.29) is 12.1 Å². The third kappa shape index (κ3) is 4.46. The summed E-state index contributed by atoms with van der Waals surface area (Å²) in [4.78, 5) is 0. The van der Waals surface area contributed by atoms with Crippen molar-refractivity contribution < 1.29 is 9.15 Å².